The lowest BCUT2D eigenvalue weighted by Crippen LogP contribution is -2.42. The Bertz CT molecular complexity index is 485. The first-order valence-corrected chi connectivity index (χ1v) is 7.20. The minimum atomic E-state index is -0.0830. The normalized spacial score (nSPS) is 14.9. The number of hydrogen-bond acceptors (Lipinski definition) is 4. The number of carbonyl (C=O) groups excluding carboxylic acids is 1. The van der Waals surface area contributed by atoms with Gasteiger partial charge in [0.25, 0.3) is 0 Å². The lowest BCUT2D eigenvalue weighted by molar-refractivity contribution is 0.0800. The van der Waals surface area contributed by atoms with E-state index in [9.17, 15) is 4.79 Å². The van der Waals surface area contributed by atoms with E-state index >= 15 is 0 Å². The predicted octanol–water partition coefficient (Wildman–Crippen LogP) is 3.11. The maximum Gasteiger partial charge on any atom is 0.231 e. The maximum atomic E-state index is 12.7. The predicted molar refractivity (Wildman–Crippen MR) is 78.5 cm³/mol. The topological polar surface area (TPSA) is 38.8 Å². The third-order valence-corrected chi connectivity index (χ3v) is 3.83. The Kier molecular flexibility index (Phi) is 4.65. The van der Waals surface area contributed by atoms with Gasteiger partial charge in [0.1, 0.15) is 0 Å². The van der Waals surface area contributed by atoms with Crippen molar-refractivity contribution in [2.45, 2.75) is 45.7 Å². The number of benzene rings is 1. The van der Waals surface area contributed by atoms with E-state index < -0.39 is 0 Å². The highest BCUT2D eigenvalue weighted by Gasteiger charge is 2.26. The van der Waals surface area contributed by atoms with Crippen molar-refractivity contribution in [3.05, 3.63) is 23.8 Å². The van der Waals surface area contributed by atoms with Gasteiger partial charge in [0.05, 0.1) is 6.04 Å². The maximum absolute atomic E-state index is 12.7. The number of likely N-dealkylation sites (N-methyl/N-ethyl adjacent to an activating group) is 1. The molecule has 0 radical (unpaired) electrons. The second-order valence-corrected chi connectivity index (χ2v) is 5.50. The van der Waals surface area contributed by atoms with Gasteiger partial charge in [0.15, 0.2) is 17.3 Å². The number of fused-ring (bicyclic) bond motifs is 1. The van der Waals surface area contributed by atoms with Crippen LogP contribution in [0.25, 0.3) is 0 Å². The minimum absolute atomic E-state index is 0.0830. The quantitative estimate of drug-likeness (QED) is 0.749. The second-order valence-electron chi connectivity index (χ2n) is 5.50. The summed E-state index contributed by atoms with van der Waals surface area (Å²) in [5.41, 5.74) is 0.695. The van der Waals surface area contributed by atoms with Gasteiger partial charge in [-0.05, 0) is 45.5 Å². The van der Waals surface area contributed by atoms with E-state index in [1.165, 1.54) is 0 Å². The van der Waals surface area contributed by atoms with Crippen molar-refractivity contribution in [3.8, 4) is 11.5 Å². The molecular weight excluding hydrogens is 254 g/mol. The fraction of sp³-hybridized carbons (Fsp3) is 0.562. The zero-order valence-electron chi connectivity index (χ0n) is 12.7. The summed E-state index contributed by atoms with van der Waals surface area (Å²) in [5, 5.41) is 0. The monoisotopic (exact) mass is 277 g/mol. The van der Waals surface area contributed by atoms with E-state index in [1.54, 1.807) is 6.07 Å². The molecule has 1 aliphatic heterocycles. The Morgan fingerprint density at radius 2 is 2.00 bits per heavy atom. The SMILES string of the molecule is CCCC(C(=O)c1ccc2c(c1)OCO2)N(C)C(C)C. The van der Waals surface area contributed by atoms with Crippen molar-refractivity contribution >= 4 is 5.78 Å². The molecule has 0 bridgehead atoms. The first-order chi connectivity index (χ1) is 9.54. The van der Waals surface area contributed by atoms with Gasteiger partial charge in [0, 0.05) is 11.6 Å². The van der Waals surface area contributed by atoms with Gasteiger partial charge in [-0.15, -0.1) is 0 Å². The van der Waals surface area contributed by atoms with Gasteiger partial charge in [-0.3, -0.25) is 9.69 Å². The number of carbonyl (C=O) groups is 1. The first kappa shape index (κ1) is 14.9. The average molecular weight is 277 g/mol. The number of ether oxygens (including phenoxy) is 2. The third kappa shape index (κ3) is 2.96. The first-order valence-electron chi connectivity index (χ1n) is 7.20. The molecule has 1 unspecified atom stereocenters. The van der Waals surface area contributed by atoms with Crippen molar-refractivity contribution in [1.82, 2.24) is 4.90 Å². The molecule has 4 heteroatoms. The Morgan fingerprint density at radius 1 is 1.30 bits per heavy atom. The second kappa shape index (κ2) is 6.27. The lowest BCUT2D eigenvalue weighted by atomic mass is 9.98. The van der Waals surface area contributed by atoms with Gasteiger partial charge in [-0.25, -0.2) is 0 Å². The summed E-state index contributed by atoms with van der Waals surface area (Å²) < 4.78 is 10.6. The van der Waals surface area contributed by atoms with Crippen molar-refractivity contribution in [3.63, 3.8) is 0 Å². The summed E-state index contributed by atoms with van der Waals surface area (Å²) in [4.78, 5) is 14.9. The Morgan fingerprint density at radius 3 is 2.65 bits per heavy atom. The number of hydrogen-bond donors (Lipinski definition) is 0. The van der Waals surface area contributed by atoms with Gasteiger partial charge in [-0.1, -0.05) is 13.3 Å². The van der Waals surface area contributed by atoms with Crippen LogP contribution in [0.2, 0.25) is 0 Å². The Balaban J connectivity index is 2.23. The Labute approximate surface area is 120 Å². The molecule has 0 N–H and O–H groups in total. The number of Topliss-reactive ketones (excluding diaryl/α,β-unsaturated/α-hetero) is 1. The molecule has 1 heterocycles. The van der Waals surface area contributed by atoms with E-state index in [0.29, 0.717) is 23.1 Å². The molecule has 0 fully saturated rings. The summed E-state index contributed by atoms with van der Waals surface area (Å²) in [6.45, 7) is 6.55. The Hall–Kier alpha value is -1.55. The van der Waals surface area contributed by atoms with Crippen molar-refractivity contribution < 1.29 is 14.3 Å². The number of ketones is 1. The van der Waals surface area contributed by atoms with Crippen molar-refractivity contribution in [1.29, 1.82) is 0 Å². The third-order valence-electron chi connectivity index (χ3n) is 3.83. The van der Waals surface area contributed by atoms with Crippen LogP contribution in [0.3, 0.4) is 0 Å². The van der Waals surface area contributed by atoms with Gasteiger partial charge < -0.3 is 9.47 Å². The molecule has 0 aromatic heterocycles. The molecule has 2 rings (SSSR count). The van der Waals surface area contributed by atoms with Crippen molar-refractivity contribution in [2.75, 3.05) is 13.8 Å². The highest BCUT2D eigenvalue weighted by Crippen LogP contribution is 2.33. The molecule has 20 heavy (non-hydrogen) atoms. The van der Waals surface area contributed by atoms with Crippen LogP contribution in [-0.2, 0) is 0 Å². The molecule has 0 spiro atoms. The summed E-state index contributed by atoms with van der Waals surface area (Å²) in [6, 6.07) is 5.69. The molecule has 0 aliphatic carbocycles. The minimum Gasteiger partial charge on any atom is -0.454 e. The molecule has 0 saturated carbocycles. The van der Waals surface area contributed by atoms with Gasteiger partial charge >= 0.3 is 0 Å². The molecule has 4 nitrogen and oxygen atoms in total. The van der Waals surface area contributed by atoms with Crippen LogP contribution >= 0.6 is 0 Å². The van der Waals surface area contributed by atoms with E-state index in [1.807, 2.05) is 19.2 Å². The largest absolute Gasteiger partial charge is 0.454 e. The highest BCUT2D eigenvalue weighted by atomic mass is 16.7. The lowest BCUT2D eigenvalue weighted by Gasteiger charge is -2.30. The molecule has 1 atom stereocenters. The standard InChI is InChI=1S/C16H23NO3/c1-5-6-13(17(4)11(2)3)16(18)12-7-8-14-15(9-12)20-10-19-14/h7-9,11,13H,5-6,10H2,1-4H3. The fourth-order valence-corrected chi connectivity index (χ4v) is 2.40. The van der Waals surface area contributed by atoms with Crippen LogP contribution in [0.15, 0.2) is 18.2 Å². The summed E-state index contributed by atoms with van der Waals surface area (Å²) in [6.07, 6.45) is 1.85. The molecule has 0 amide bonds. The fourth-order valence-electron chi connectivity index (χ4n) is 2.40. The zero-order chi connectivity index (χ0) is 14.7. The summed E-state index contributed by atoms with van der Waals surface area (Å²) in [5.74, 6) is 1.53. The zero-order valence-corrected chi connectivity index (χ0v) is 12.7. The van der Waals surface area contributed by atoms with Crippen LogP contribution in [0.1, 0.15) is 44.0 Å². The molecule has 0 saturated heterocycles. The molecule has 1 aromatic rings. The van der Waals surface area contributed by atoms with Crippen LogP contribution in [0, 0.1) is 0 Å². The van der Waals surface area contributed by atoms with E-state index in [0.717, 1.165) is 12.8 Å². The van der Waals surface area contributed by atoms with E-state index in [4.69, 9.17) is 9.47 Å². The smallest absolute Gasteiger partial charge is 0.231 e. The number of nitrogens with zero attached hydrogens (tertiary/aromatic N) is 1. The van der Waals surface area contributed by atoms with Crippen molar-refractivity contribution in [2.24, 2.45) is 0 Å². The summed E-state index contributed by atoms with van der Waals surface area (Å²) in [7, 11) is 2.01. The van der Waals surface area contributed by atoms with Crippen LogP contribution in [0.5, 0.6) is 11.5 Å². The van der Waals surface area contributed by atoms with Gasteiger partial charge in [-0.2, -0.15) is 0 Å². The molecular formula is C16H23NO3. The van der Waals surface area contributed by atoms with E-state index in [2.05, 4.69) is 25.7 Å². The van der Waals surface area contributed by atoms with E-state index in [-0.39, 0.29) is 18.6 Å². The number of rotatable bonds is 6. The highest BCUT2D eigenvalue weighted by molar-refractivity contribution is 6.00. The summed E-state index contributed by atoms with van der Waals surface area (Å²) >= 11 is 0. The van der Waals surface area contributed by atoms with Crippen LogP contribution < -0.4 is 9.47 Å². The van der Waals surface area contributed by atoms with Crippen LogP contribution in [-0.4, -0.2) is 36.6 Å². The molecule has 1 aliphatic rings. The molecule has 110 valence electrons. The van der Waals surface area contributed by atoms with Gasteiger partial charge in [0.2, 0.25) is 6.79 Å². The average Bonchev–Trinajstić information content (AvgIpc) is 2.90. The van der Waals surface area contributed by atoms with Crippen LogP contribution in [0.4, 0.5) is 0 Å². The molecule has 1 aromatic carbocycles.